The minimum atomic E-state index is -0.486. The van der Waals surface area contributed by atoms with E-state index in [0.717, 1.165) is 5.56 Å². The fraction of sp³-hybridized carbons (Fsp3) is 0.333. The first-order valence-corrected chi connectivity index (χ1v) is 4.01. The second-order valence-electron chi connectivity index (χ2n) is 2.52. The maximum absolute atomic E-state index is 11.7. The third-order valence-corrected chi connectivity index (χ3v) is 1.55. The maximum Gasteiger partial charge on any atom is 0.123 e. The largest absolute Gasteiger partial charge is 0.491 e. The SMILES string of the molecule is ONCc1ccc(OCCF)cc1. The molecule has 4 heteroatoms. The Morgan fingerprint density at radius 2 is 2.00 bits per heavy atom. The highest BCUT2D eigenvalue weighted by Gasteiger charge is 1.94. The summed E-state index contributed by atoms with van der Waals surface area (Å²) in [5.41, 5.74) is 2.99. The molecular weight excluding hydrogens is 173 g/mol. The quantitative estimate of drug-likeness (QED) is 0.683. The van der Waals surface area contributed by atoms with Crippen LogP contribution in [0.3, 0.4) is 0 Å². The second kappa shape index (κ2) is 5.50. The Hall–Kier alpha value is -1.13. The molecule has 1 aromatic carbocycles. The van der Waals surface area contributed by atoms with Crippen LogP contribution in [0.2, 0.25) is 0 Å². The molecule has 0 aliphatic carbocycles. The summed E-state index contributed by atoms with van der Waals surface area (Å²) in [5.74, 6) is 0.638. The molecular formula is C9H12FNO2. The molecule has 0 aliphatic heterocycles. The molecule has 0 aliphatic rings. The van der Waals surface area contributed by atoms with Crippen LogP contribution in [0.5, 0.6) is 5.75 Å². The van der Waals surface area contributed by atoms with Crippen LogP contribution < -0.4 is 10.2 Å². The average Bonchev–Trinajstić information content (AvgIpc) is 2.17. The third-order valence-electron chi connectivity index (χ3n) is 1.55. The molecule has 0 spiro atoms. The maximum atomic E-state index is 11.7. The van der Waals surface area contributed by atoms with Crippen molar-refractivity contribution < 1.29 is 14.3 Å². The number of nitrogens with one attached hydrogen (secondary N) is 1. The Balaban J connectivity index is 2.48. The molecule has 0 saturated carbocycles. The first-order valence-electron chi connectivity index (χ1n) is 4.01. The van der Waals surface area contributed by atoms with Gasteiger partial charge in [0.05, 0.1) is 0 Å². The van der Waals surface area contributed by atoms with E-state index in [9.17, 15) is 4.39 Å². The van der Waals surface area contributed by atoms with Crippen LogP contribution in [-0.2, 0) is 6.54 Å². The monoisotopic (exact) mass is 185 g/mol. The zero-order valence-electron chi connectivity index (χ0n) is 7.16. The van der Waals surface area contributed by atoms with Gasteiger partial charge in [0.25, 0.3) is 0 Å². The van der Waals surface area contributed by atoms with Crippen LogP contribution in [0.1, 0.15) is 5.56 Å². The lowest BCUT2D eigenvalue weighted by Gasteiger charge is -2.04. The fourth-order valence-corrected chi connectivity index (χ4v) is 0.951. The van der Waals surface area contributed by atoms with Crippen molar-refractivity contribution in [2.45, 2.75) is 6.54 Å². The Morgan fingerprint density at radius 3 is 2.54 bits per heavy atom. The van der Waals surface area contributed by atoms with Crippen molar-refractivity contribution in [1.29, 1.82) is 0 Å². The van der Waals surface area contributed by atoms with Crippen molar-refractivity contribution in [2.75, 3.05) is 13.3 Å². The van der Waals surface area contributed by atoms with Crippen molar-refractivity contribution in [3.63, 3.8) is 0 Å². The molecule has 0 fully saturated rings. The van der Waals surface area contributed by atoms with Gasteiger partial charge in [0.2, 0.25) is 0 Å². The predicted octanol–water partition coefficient (Wildman–Crippen LogP) is 1.51. The molecule has 1 rings (SSSR count). The van der Waals surface area contributed by atoms with Crippen LogP contribution >= 0.6 is 0 Å². The molecule has 0 saturated heterocycles. The van der Waals surface area contributed by atoms with Crippen LogP contribution in [-0.4, -0.2) is 18.5 Å². The Labute approximate surface area is 76.1 Å². The molecule has 13 heavy (non-hydrogen) atoms. The summed E-state index contributed by atoms with van der Waals surface area (Å²) in [6, 6.07) is 7.08. The lowest BCUT2D eigenvalue weighted by molar-refractivity contribution is 0.161. The number of hydrogen-bond acceptors (Lipinski definition) is 3. The molecule has 72 valence electrons. The van der Waals surface area contributed by atoms with Gasteiger partial charge in [0, 0.05) is 6.54 Å². The Kier molecular flexibility index (Phi) is 4.21. The Bertz CT molecular complexity index is 238. The van der Waals surface area contributed by atoms with Gasteiger partial charge in [0.15, 0.2) is 0 Å². The predicted molar refractivity (Wildman–Crippen MR) is 46.5 cm³/mol. The summed E-state index contributed by atoms with van der Waals surface area (Å²) in [6.07, 6.45) is 0. The van der Waals surface area contributed by atoms with E-state index < -0.39 is 6.67 Å². The molecule has 1 aromatic rings. The molecule has 0 heterocycles. The van der Waals surface area contributed by atoms with E-state index in [4.69, 9.17) is 9.94 Å². The van der Waals surface area contributed by atoms with Crippen molar-refractivity contribution in [2.24, 2.45) is 0 Å². The number of halogens is 1. The van der Waals surface area contributed by atoms with Gasteiger partial charge in [-0.1, -0.05) is 12.1 Å². The molecule has 0 aromatic heterocycles. The van der Waals surface area contributed by atoms with Gasteiger partial charge in [-0.25, -0.2) is 9.87 Å². The number of alkyl halides is 1. The minimum absolute atomic E-state index is 0.0809. The van der Waals surface area contributed by atoms with Gasteiger partial charge >= 0.3 is 0 Å². The summed E-state index contributed by atoms with van der Waals surface area (Å²) in [4.78, 5) is 0. The van der Waals surface area contributed by atoms with Crippen LogP contribution in [0.25, 0.3) is 0 Å². The zero-order chi connectivity index (χ0) is 9.52. The summed E-state index contributed by atoms with van der Waals surface area (Å²) >= 11 is 0. The third kappa shape index (κ3) is 3.40. The number of ether oxygens (including phenoxy) is 1. The lowest BCUT2D eigenvalue weighted by atomic mass is 10.2. The van der Waals surface area contributed by atoms with Crippen LogP contribution in [0, 0.1) is 0 Å². The van der Waals surface area contributed by atoms with Gasteiger partial charge in [-0.3, -0.25) is 0 Å². The number of hydrogen-bond donors (Lipinski definition) is 2. The molecule has 2 N–H and O–H groups in total. The van der Waals surface area contributed by atoms with E-state index >= 15 is 0 Å². The second-order valence-corrected chi connectivity index (χ2v) is 2.52. The van der Waals surface area contributed by atoms with Crippen molar-refractivity contribution >= 4 is 0 Å². The van der Waals surface area contributed by atoms with Crippen molar-refractivity contribution in [1.82, 2.24) is 5.48 Å². The molecule has 0 bridgehead atoms. The van der Waals surface area contributed by atoms with E-state index in [1.54, 1.807) is 24.3 Å². The highest BCUT2D eigenvalue weighted by atomic mass is 19.1. The molecule has 0 atom stereocenters. The average molecular weight is 185 g/mol. The first-order chi connectivity index (χ1) is 6.36. The summed E-state index contributed by atoms with van der Waals surface area (Å²) < 4.78 is 16.7. The smallest absolute Gasteiger partial charge is 0.123 e. The molecule has 3 nitrogen and oxygen atoms in total. The van der Waals surface area contributed by atoms with Crippen LogP contribution in [0.4, 0.5) is 4.39 Å². The van der Waals surface area contributed by atoms with Crippen molar-refractivity contribution in [3.05, 3.63) is 29.8 Å². The van der Waals surface area contributed by atoms with E-state index in [2.05, 4.69) is 0 Å². The van der Waals surface area contributed by atoms with Crippen LogP contribution in [0.15, 0.2) is 24.3 Å². The summed E-state index contributed by atoms with van der Waals surface area (Å²) in [7, 11) is 0. The summed E-state index contributed by atoms with van der Waals surface area (Å²) in [5, 5.41) is 8.40. The number of hydroxylamine groups is 1. The van der Waals surface area contributed by atoms with Crippen molar-refractivity contribution in [3.8, 4) is 5.75 Å². The normalized spacial score (nSPS) is 10.0. The molecule has 0 unspecified atom stereocenters. The standard InChI is InChI=1S/C9H12FNO2/c10-5-6-13-9-3-1-8(2-4-9)7-11-12/h1-4,11-12H,5-7H2. The molecule has 0 amide bonds. The minimum Gasteiger partial charge on any atom is -0.491 e. The first kappa shape index (κ1) is 9.95. The van der Waals surface area contributed by atoms with Gasteiger partial charge in [-0.15, -0.1) is 0 Å². The summed E-state index contributed by atoms with van der Waals surface area (Å²) in [6.45, 7) is -0.0130. The topological polar surface area (TPSA) is 41.5 Å². The van der Waals surface area contributed by atoms with E-state index in [1.807, 2.05) is 5.48 Å². The van der Waals surface area contributed by atoms with E-state index in [0.29, 0.717) is 12.3 Å². The van der Waals surface area contributed by atoms with Gasteiger partial charge in [0.1, 0.15) is 19.0 Å². The zero-order valence-corrected chi connectivity index (χ0v) is 7.16. The highest BCUT2D eigenvalue weighted by Crippen LogP contribution is 2.11. The number of benzene rings is 1. The van der Waals surface area contributed by atoms with E-state index in [1.165, 1.54) is 0 Å². The highest BCUT2D eigenvalue weighted by molar-refractivity contribution is 5.27. The van der Waals surface area contributed by atoms with Gasteiger partial charge in [-0.05, 0) is 17.7 Å². The molecule has 0 radical (unpaired) electrons. The van der Waals surface area contributed by atoms with Gasteiger partial charge < -0.3 is 9.94 Å². The number of rotatable bonds is 5. The Morgan fingerprint density at radius 1 is 1.31 bits per heavy atom. The lowest BCUT2D eigenvalue weighted by Crippen LogP contribution is -2.05. The fourth-order valence-electron chi connectivity index (χ4n) is 0.951. The van der Waals surface area contributed by atoms with Gasteiger partial charge in [-0.2, -0.15) is 0 Å². The van der Waals surface area contributed by atoms with E-state index in [-0.39, 0.29) is 6.61 Å².